The Kier molecular flexibility index (Phi) is 7.76. The van der Waals surface area contributed by atoms with Gasteiger partial charge < -0.3 is 14.8 Å². The molecule has 148 valence electrons. The lowest BCUT2D eigenvalue weighted by atomic mass is 10.2. The average Bonchev–Trinajstić information content (AvgIpc) is 2.68. The molecule has 7 nitrogen and oxygen atoms in total. The van der Waals surface area contributed by atoms with E-state index >= 15 is 0 Å². The number of methoxy groups -OCH3 is 1. The molecular weight excluding hydrogens is 389 g/mol. The fourth-order valence-corrected chi connectivity index (χ4v) is 2.43. The first-order chi connectivity index (χ1) is 13.5. The number of hydrazone groups is 1. The maximum Gasteiger partial charge on any atom is 0.329 e. The zero-order chi connectivity index (χ0) is 20.5. The molecule has 9 heteroatoms. The first-order valence-corrected chi connectivity index (χ1v) is 8.69. The number of benzene rings is 2. The zero-order valence-electron chi connectivity index (χ0n) is 15.3. The third-order valence-electron chi connectivity index (χ3n) is 3.57. The molecule has 0 aromatic heterocycles. The van der Waals surface area contributed by atoms with Crippen molar-refractivity contribution in [3.63, 3.8) is 0 Å². The molecule has 2 amide bonds. The van der Waals surface area contributed by atoms with Crippen LogP contribution in [0.1, 0.15) is 18.1 Å². The molecule has 0 fully saturated rings. The fourth-order valence-electron chi connectivity index (χ4n) is 2.22. The predicted octanol–water partition coefficient (Wildman–Crippen LogP) is 2.65. The number of carbonyl (C=O) groups is 2. The maximum absolute atomic E-state index is 14.0. The van der Waals surface area contributed by atoms with Crippen molar-refractivity contribution in [1.29, 1.82) is 0 Å². The number of halogens is 2. The summed E-state index contributed by atoms with van der Waals surface area (Å²) in [7, 11) is 1.45. The number of nitrogens with zero attached hydrogens (tertiary/aromatic N) is 1. The lowest BCUT2D eigenvalue weighted by Gasteiger charge is -2.14. The molecule has 2 aromatic carbocycles. The van der Waals surface area contributed by atoms with Crippen molar-refractivity contribution in [2.45, 2.75) is 13.5 Å². The molecule has 0 bridgehead atoms. The van der Waals surface area contributed by atoms with Crippen molar-refractivity contribution in [2.24, 2.45) is 5.10 Å². The van der Waals surface area contributed by atoms with Crippen LogP contribution in [0.15, 0.2) is 41.5 Å². The normalized spacial score (nSPS) is 10.6. The number of hydrogen-bond acceptors (Lipinski definition) is 5. The molecule has 0 radical (unpaired) electrons. The highest BCUT2D eigenvalue weighted by atomic mass is 35.5. The molecule has 0 unspecified atom stereocenters. The lowest BCUT2D eigenvalue weighted by molar-refractivity contribution is -0.139. The highest BCUT2D eigenvalue weighted by Gasteiger charge is 2.14. The summed E-state index contributed by atoms with van der Waals surface area (Å²) >= 11 is 6.02. The van der Waals surface area contributed by atoms with Crippen molar-refractivity contribution in [3.05, 3.63) is 58.4 Å². The topological polar surface area (TPSA) is 89.0 Å². The van der Waals surface area contributed by atoms with Gasteiger partial charge in [-0.05, 0) is 31.2 Å². The summed E-state index contributed by atoms with van der Waals surface area (Å²) in [6, 6.07) is 9.34. The first kappa shape index (κ1) is 21.2. The van der Waals surface area contributed by atoms with E-state index < -0.39 is 17.6 Å². The Morgan fingerprint density at radius 2 is 1.96 bits per heavy atom. The second-order valence-electron chi connectivity index (χ2n) is 5.43. The van der Waals surface area contributed by atoms with E-state index in [2.05, 4.69) is 15.8 Å². The van der Waals surface area contributed by atoms with E-state index in [-0.39, 0.29) is 22.9 Å². The minimum atomic E-state index is -0.901. The van der Waals surface area contributed by atoms with Gasteiger partial charge in [0.15, 0.2) is 11.5 Å². The number of ether oxygens (including phenoxy) is 2. The standard InChI is InChI=1S/C19H19ClFN3O4/c1-3-22-18(25)19(26)24-23-10-12-6-4-9-16(27-2)17(12)28-11-13-14(20)7-5-8-15(13)21/h4-10H,3,11H2,1-2H3,(H,22,25)(H,24,26)/b23-10-. The van der Waals surface area contributed by atoms with E-state index in [1.54, 1.807) is 31.2 Å². The number of amides is 2. The summed E-state index contributed by atoms with van der Waals surface area (Å²) in [5.74, 6) is -1.53. The molecule has 0 saturated carbocycles. The van der Waals surface area contributed by atoms with Crippen LogP contribution < -0.4 is 20.2 Å². The third kappa shape index (κ3) is 5.43. The summed E-state index contributed by atoms with van der Waals surface area (Å²) in [5, 5.41) is 6.34. The molecule has 0 aliphatic rings. The average molecular weight is 408 g/mol. The van der Waals surface area contributed by atoms with E-state index in [4.69, 9.17) is 21.1 Å². The predicted molar refractivity (Wildman–Crippen MR) is 103 cm³/mol. The summed E-state index contributed by atoms with van der Waals surface area (Å²) in [5.41, 5.74) is 2.76. The van der Waals surface area contributed by atoms with Crippen LogP contribution in [-0.4, -0.2) is 31.7 Å². The molecule has 0 saturated heterocycles. The summed E-state index contributed by atoms with van der Waals surface area (Å²) in [6.07, 6.45) is 1.29. The number of hydrogen-bond donors (Lipinski definition) is 2. The van der Waals surface area contributed by atoms with Gasteiger partial charge in [0.2, 0.25) is 0 Å². The summed E-state index contributed by atoms with van der Waals surface area (Å²) < 4.78 is 24.9. The zero-order valence-corrected chi connectivity index (χ0v) is 16.0. The molecule has 0 aliphatic carbocycles. The van der Waals surface area contributed by atoms with Gasteiger partial charge in [-0.15, -0.1) is 0 Å². The van der Waals surface area contributed by atoms with Crippen molar-refractivity contribution < 1.29 is 23.5 Å². The molecule has 28 heavy (non-hydrogen) atoms. The van der Waals surface area contributed by atoms with Crippen LogP contribution >= 0.6 is 11.6 Å². The van der Waals surface area contributed by atoms with E-state index in [1.165, 1.54) is 25.5 Å². The van der Waals surface area contributed by atoms with Gasteiger partial charge in [0.05, 0.1) is 18.3 Å². The Labute approximate surface area is 166 Å². The Morgan fingerprint density at radius 3 is 2.64 bits per heavy atom. The second kappa shape index (κ2) is 10.3. The Hall–Kier alpha value is -3.13. The van der Waals surface area contributed by atoms with Gasteiger partial charge in [-0.2, -0.15) is 5.10 Å². The van der Waals surface area contributed by atoms with Crippen molar-refractivity contribution in [1.82, 2.24) is 10.7 Å². The van der Waals surface area contributed by atoms with Crippen LogP contribution in [-0.2, 0) is 16.2 Å². The van der Waals surface area contributed by atoms with Gasteiger partial charge in [0, 0.05) is 17.7 Å². The molecule has 0 aliphatic heterocycles. The van der Waals surface area contributed by atoms with Crippen LogP contribution in [0.25, 0.3) is 0 Å². The first-order valence-electron chi connectivity index (χ1n) is 8.31. The molecule has 2 N–H and O–H groups in total. The smallest absolute Gasteiger partial charge is 0.329 e. The van der Waals surface area contributed by atoms with Crippen molar-refractivity contribution in [3.8, 4) is 11.5 Å². The van der Waals surface area contributed by atoms with E-state index in [0.29, 0.717) is 17.9 Å². The van der Waals surface area contributed by atoms with Gasteiger partial charge in [-0.1, -0.05) is 23.7 Å². The van der Waals surface area contributed by atoms with E-state index in [1.807, 2.05) is 0 Å². The van der Waals surface area contributed by atoms with Gasteiger partial charge in [-0.25, -0.2) is 9.82 Å². The van der Waals surface area contributed by atoms with Gasteiger partial charge >= 0.3 is 11.8 Å². The van der Waals surface area contributed by atoms with Gasteiger partial charge in [-0.3, -0.25) is 9.59 Å². The number of nitrogens with one attached hydrogen (secondary N) is 2. The van der Waals surface area contributed by atoms with Gasteiger partial charge in [0.25, 0.3) is 0 Å². The Bertz CT molecular complexity index is 869. The highest BCUT2D eigenvalue weighted by molar-refractivity contribution is 6.35. The minimum absolute atomic E-state index is 0.141. The summed E-state index contributed by atoms with van der Waals surface area (Å²) in [6.45, 7) is 1.87. The highest BCUT2D eigenvalue weighted by Crippen LogP contribution is 2.31. The van der Waals surface area contributed by atoms with Crippen molar-refractivity contribution >= 4 is 29.6 Å². The van der Waals surface area contributed by atoms with Crippen LogP contribution in [0.4, 0.5) is 4.39 Å². The fraction of sp³-hybridized carbons (Fsp3) is 0.211. The SMILES string of the molecule is CCNC(=O)C(=O)N/N=C\c1cccc(OC)c1OCc1c(F)cccc1Cl. The molecular formula is C19H19ClFN3O4. The Morgan fingerprint density at radius 1 is 1.21 bits per heavy atom. The van der Waals surface area contributed by atoms with Crippen LogP contribution in [0.2, 0.25) is 5.02 Å². The number of likely N-dealkylation sites (N-methyl/N-ethyl adjacent to an activating group) is 1. The maximum atomic E-state index is 14.0. The molecule has 0 atom stereocenters. The number of para-hydroxylation sites is 1. The second-order valence-corrected chi connectivity index (χ2v) is 5.83. The lowest BCUT2D eigenvalue weighted by Crippen LogP contribution is -2.37. The number of carbonyl (C=O) groups excluding carboxylic acids is 2. The summed E-state index contributed by atoms with van der Waals surface area (Å²) in [4.78, 5) is 23.0. The quantitative estimate of drug-likeness (QED) is 0.419. The monoisotopic (exact) mass is 407 g/mol. The van der Waals surface area contributed by atoms with Crippen LogP contribution in [0.3, 0.4) is 0 Å². The van der Waals surface area contributed by atoms with E-state index in [9.17, 15) is 14.0 Å². The Balaban J connectivity index is 2.19. The molecule has 2 rings (SSSR count). The van der Waals surface area contributed by atoms with Gasteiger partial charge in [0.1, 0.15) is 12.4 Å². The third-order valence-corrected chi connectivity index (χ3v) is 3.92. The van der Waals surface area contributed by atoms with Crippen LogP contribution in [0, 0.1) is 5.82 Å². The van der Waals surface area contributed by atoms with Crippen molar-refractivity contribution in [2.75, 3.05) is 13.7 Å². The molecule has 2 aromatic rings. The molecule has 0 spiro atoms. The largest absolute Gasteiger partial charge is 0.493 e. The van der Waals surface area contributed by atoms with Crippen LogP contribution in [0.5, 0.6) is 11.5 Å². The molecule has 0 heterocycles. The van der Waals surface area contributed by atoms with E-state index in [0.717, 1.165) is 0 Å². The number of rotatable bonds is 7. The minimum Gasteiger partial charge on any atom is -0.493 e.